The van der Waals surface area contributed by atoms with Crippen molar-refractivity contribution in [1.82, 2.24) is 0 Å². The third kappa shape index (κ3) is 11.3. The molecule has 0 bridgehead atoms. The number of rotatable bonds is 19. The first-order chi connectivity index (χ1) is 31.0. The minimum Gasteiger partial charge on any atom is -0.505 e. The molecule has 0 radical (unpaired) electrons. The van der Waals surface area contributed by atoms with Crippen molar-refractivity contribution in [3.8, 4) is 34.1 Å². The number of phenols is 1. The highest BCUT2D eigenvalue weighted by molar-refractivity contribution is 7.86. The fourth-order valence-electron chi connectivity index (χ4n) is 6.15. The van der Waals surface area contributed by atoms with Gasteiger partial charge in [0.1, 0.15) is 68.7 Å². The predicted octanol–water partition coefficient (Wildman–Crippen LogP) is 8.62. The Bertz CT molecular complexity index is 3040. The third-order valence-corrected chi connectivity index (χ3v) is 11.0. The van der Waals surface area contributed by atoms with Gasteiger partial charge in [-0.3, -0.25) is 9.11 Å². The Balaban J connectivity index is 1.41. The normalized spacial score (nSPS) is 12.2. The molecule has 11 N–H and O–H groups in total. The number of nitrogens with zero attached hydrogens (tertiary/aromatic N) is 6. The summed E-state index contributed by atoms with van der Waals surface area (Å²) in [6.45, 7) is 1.46. The molecular formula is C42H43N9O12S2. The molecule has 0 fully saturated rings. The molecule has 65 heavy (non-hydrogen) atoms. The van der Waals surface area contributed by atoms with E-state index in [2.05, 4.69) is 30.7 Å². The fourth-order valence-corrected chi connectivity index (χ4v) is 7.48. The van der Waals surface area contributed by atoms with E-state index in [1.807, 2.05) is 6.92 Å². The summed E-state index contributed by atoms with van der Waals surface area (Å²) in [4.78, 5) is -1.88. The van der Waals surface area contributed by atoms with Crippen LogP contribution in [0.2, 0.25) is 0 Å². The Morgan fingerprint density at radius 3 is 1.65 bits per heavy atom. The second-order valence-electron chi connectivity index (χ2n) is 13.9. The van der Waals surface area contributed by atoms with Gasteiger partial charge in [0.15, 0.2) is 5.75 Å². The second kappa shape index (κ2) is 20.5. The predicted molar refractivity (Wildman–Crippen MR) is 241 cm³/mol. The Morgan fingerprint density at radius 2 is 1.09 bits per heavy atom. The lowest BCUT2D eigenvalue weighted by atomic mass is 10.0. The van der Waals surface area contributed by atoms with Crippen LogP contribution in [-0.4, -0.2) is 74.3 Å². The summed E-state index contributed by atoms with van der Waals surface area (Å²) < 4.78 is 87.9. The summed E-state index contributed by atoms with van der Waals surface area (Å²) in [5.74, 6) is -0.248. The molecule has 6 aromatic rings. The summed E-state index contributed by atoms with van der Waals surface area (Å²) in [6.07, 6.45) is 1.75. The average molecular weight is 930 g/mol. The maximum absolute atomic E-state index is 12.7. The molecule has 6 aromatic carbocycles. The fraction of sp³-hybridized carbons (Fsp3) is 0.190. The van der Waals surface area contributed by atoms with Crippen LogP contribution in [0.5, 0.6) is 23.0 Å². The van der Waals surface area contributed by atoms with Crippen molar-refractivity contribution in [3.63, 3.8) is 0 Å². The number of aromatic hydroxyl groups is 1. The van der Waals surface area contributed by atoms with Crippen molar-refractivity contribution < 1.29 is 55.5 Å². The number of benzene rings is 6. The Hall–Kier alpha value is -7.28. The number of hydrogen-bond donors (Lipinski definition) is 8. The summed E-state index contributed by atoms with van der Waals surface area (Å²) in [5, 5.41) is 54.4. The summed E-state index contributed by atoms with van der Waals surface area (Å²) in [5.41, 5.74) is 19.2. The van der Waals surface area contributed by atoms with Gasteiger partial charge in [-0.25, -0.2) is 0 Å². The van der Waals surface area contributed by atoms with Gasteiger partial charge in [-0.2, -0.15) is 21.9 Å². The number of phenolic OH excluding ortho intramolecular Hbond substituents is 1. The van der Waals surface area contributed by atoms with Crippen molar-refractivity contribution in [2.75, 3.05) is 50.2 Å². The maximum Gasteiger partial charge on any atom is 0.296 e. The number of hydrogen-bond acceptors (Lipinski definition) is 19. The monoisotopic (exact) mass is 929 g/mol. The number of unbranched alkanes of at least 4 members (excludes halogenated alkanes) is 1. The molecule has 0 spiro atoms. The van der Waals surface area contributed by atoms with E-state index in [1.54, 1.807) is 48.5 Å². The Morgan fingerprint density at radius 1 is 0.569 bits per heavy atom. The number of nitrogens with two attached hydrogens (primary N) is 3. The van der Waals surface area contributed by atoms with Crippen molar-refractivity contribution >= 4 is 82.2 Å². The first-order valence-electron chi connectivity index (χ1n) is 19.5. The number of anilines is 3. The SMILES string of the molecule is CCCCOc1cc(N=Nc2ccc(-c3ccc(N=Nc4c(S(=O)(=O)O)cc5cc(S(=O)(=O)O)c(N=Nc6ccccc6)c(O)c5c4N)c(OCCO)c3)cc2OCCO)c(N)cc1N. The van der Waals surface area contributed by atoms with Crippen LogP contribution in [0.3, 0.4) is 0 Å². The van der Waals surface area contributed by atoms with Crippen LogP contribution in [-0.2, 0) is 20.2 Å². The smallest absolute Gasteiger partial charge is 0.296 e. The average Bonchev–Trinajstić information content (AvgIpc) is 3.27. The van der Waals surface area contributed by atoms with Crippen molar-refractivity contribution in [3.05, 3.63) is 91.0 Å². The molecule has 0 aliphatic heterocycles. The molecular weight excluding hydrogens is 887 g/mol. The number of fused-ring (bicyclic) bond motifs is 1. The zero-order valence-corrected chi connectivity index (χ0v) is 36.1. The lowest BCUT2D eigenvalue weighted by Gasteiger charge is -2.14. The van der Waals surface area contributed by atoms with Gasteiger partial charge in [-0.15, -0.1) is 25.6 Å². The summed E-state index contributed by atoms with van der Waals surface area (Å²) >= 11 is 0. The molecule has 0 atom stereocenters. The second-order valence-corrected chi connectivity index (χ2v) is 16.6. The lowest BCUT2D eigenvalue weighted by Crippen LogP contribution is -2.04. The highest BCUT2D eigenvalue weighted by Crippen LogP contribution is 2.49. The van der Waals surface area contributed by atoms with Crippen molar-refractivity contribution in [2.45, 2.75) is 29.6 Å². The maximum atomic E-state index is 12.7. The number of aliphatic hydroxyl groups is 2. The van der Waals surface area contributed by atoms with Gasteiger partial charge in [0, 0.05) is 6.07 Å². The summed E-state index contributed by atoms with van der Waals surface area (Å²) in [7, 11) is -10.3. The van der Waals surface area contributed by atoms with Crippen LogP contribution in [0.25, 0.3) is 21.9 Å². The van der Waals surface area contributed by atoms with Crippen molar-refractivity contribution in [1.29, 1.82) is 0 Å². The lowest BCUT2D eigenvalue weighted by molar-refractivity contribution is 0.201. The third-order valence-electron chi connectivity index (χ3n) is 9.28. The van der Waals surface area contributed by atoms with Crippen molar-refractivity contribution in [2.24, 2.45) is 30.7 Å². The molecule has 0 saturated carbocycles. The number of ether oxygens (including phenoxy) is 3. The number of nitrogen functional groups attached to an aromatic ring is 3. The van der Waals surface area contributed by atoms with E-state index < -0.39 is 59.4 Å². The first-order valence-corrected chi connectivity index (χ1v) is 22.4. The van der Waals surface area contributed by atoms with Crippen LogP contribution in [0.15, 0.2) is 131 Å². The molecule has 340 valence electrons. The van der Waals surface area contributed by atoms with Gasteiger partial charge in [0.25, 0.3) is 20.2 Å². The van der Waals surface area contributed by atoms with E-state index in [0.717, 1.165) is 25.0 Å². The van der Waals surface area contributed by atoms with E-state index in [9.17, 15) is 41.3 Å². The van der Waals surface area contributed by atoms with Gasteiger partial charge < -0.3 is 46.7 Å². The highest BCUT2D eigenvalue weighted by Gasteiger charge is 2.28. The quantitative estimate of drug-likeness (QED) is 0.0163. The molecule has 0 aliphatic carbocycles. The van der Waals surface area contributed by atoms with Crippen LogP contribution >= 0.6 is 0 Å². The van der Waals surface area contributed by atoms with E-state index in [1.165, 1.54) is 30.3 Å². The highest BCUT2D eigenvalue weighted by atomic mass is 32.2. The zero-order valence-electron chi connectivity index (χ0n) is 34.4. The molecule has 0 aromatic heterocycles. The van der Waals surface area contributed by atoms with Crippen LogP contribution in [0, 0.1) is 0 Å². The van der Waals surface area contributed by atoms with Crippen LogP contribution in [0.4, 0.5) is 51.2 Å². The standard InChI is InChI=1S/C42H43N9O12S2/c1-2-3-15-61-33-23-32(28(43)22-29(33)44)49-47-30-11-9-24(18-34(30)62-16-13-52)25-10-12-31(35(19-25)63-17-14-53)48-50-40-36(64(55,56)57)20-26-21-37(65(58,59)60)41(42(54)38(26)39(40)45)51-46-27-7-5-4-6-8-27/h4-12,18-23,52-54H,2-3,13-17,43-45H2,1H3,(H,55,56,57)(H,58,59,60). The Kier molecular flexibility index (Phi) is 14.9. The first kappa shape index (κ1) is 47.2. The molecule has 6 rings (SSSR count). The molecule has 0 amide bonds. The Labute approximate surface area is 372 Å². The summed E-state index contributed by atoms with van der Waals surface area (Å²) in [6, 6.07) is 22.2. The van der Waals surface area contributed by atoms with E-state index in [0.29, 0.717) is 34.9 Å². The molecule has 0 saturated heterocycles. The molecule has 0 aliphatic rings. The van der Waals surface area contributed by atoms with Gasteiger partial charge >= 0.3 is 0 Å². The largest absolute Gasteiger partial charge is 0.505 e. The van der Waals surface area contributed by atoms with E-state index in [-0.39, 0.29) is 64.8 Å². The van der Waals surface area contributed by atoms with Gasteiger partial charge in [0.2, 0.25) is 0 Å². The van der Waals surface area contributed by atoms with E-state index in [4.69, 9.17) is 31.4 Å². The topological polar surface area (TPSA) is 349 Å². The molecule has 0 unspecified atom stereocenters. The molecule has 0 heterocycles. The van der Waals surface area contributed by atoms with Gasteiger partial charge in [-0.05, 0) is 77.5 Å². The minimum atomic E-state index is -5.17. The van der Waals surface area contributed by atoms with Gasteiger partial charge in [0.05, 0.1) is 48.0 Å². The molecule has 21 nitrogen and oxygen atoms in total. The van der Waals surface area contributed by atoms with Gasteiger partial charge in [-0.1, -0.05) is 43.7 Å². The molecule has 23 heteroatoms. The van der Waals surface area contributed by atoms with Crippen LogP contribution in [0.1, 0.15) is 19.8 Å². The number of aliphatic hydroxyl groups excluding tert-OH is 2. The van der Waals surface area contributed by atoms with E-state index >= 15 is 0 Å². The van der Waals surface area contributed by atoms with Crippen LogP contribution < -0.4 is 31.4 Å². The minimum absolute atomic E-state index is 0.0208. The number of azo groups is 3. The zero-order chi connectivity index (χ0) is 46.9.